The summed E-state index contributed by atoms with van der Waals surface area (Å²) in [6.45, 7) is 3.05. The molecule has 0 N–H and O–H groups in total. The third kappa shape index (κ3) is 2.87. The molecule has 0 fully saturated rings. The molecular formula is C17H14F5N3O. The van der Waals surface area contributed by atoms with E-state index < -0.39 is 23.5 Å². The number of aromatic nitrogens is 3. The maximum absolute atomic E-state index is 14.5. The van der Waals surface area contributed by atoms with Crippen LogP contribution >= 0.6 is 0 Å². The Morgan fingerprint density at radius 3 is 2.38 bits per heavy atom. The van der Waals surface area contributed by atoms with Gasteiger partial charge >= 0.3 is 6.18 Å². The van der Waals surface area contributed by atoms with Crippen molar-refractivity contribution in [3.63, 3.8) is 0 Å². The normalized spacial score (nSPS) is 12.0. The van der Waals surface area contributed by atoms with Crippen LogP contribution in [-0.2, 0) is 12.6 Å². The Morgan fingerprint density at radius 1 is 1.12 bits per heavy atom. The molecule has 3 rings (SSSR count). The van der Waals surface area contributed by atoms with Gasteiger partial charge in [0.1, 0.15) is 11.5 Å². The first-order valence-corrected chi connectivity index (χ1v) is 7.67. The lowest BCUT2D eigenvalue weighted by Crippen LogP contribution is -2.14. The first-order chi connectivity index (χ1) is 12.2. The van der Waals surface area contributed by atoms with Crippen LogP contribution in [0.25, 0.3) is 16.8 Å². The van der Waals surface area contributed by atoms with Crippen LogP contribution in [-0.4, -0.2) is 21.7 Å². The molecule has 0 saturated carbocycles. The Morgan fingerprint density at radius 2 is 1.81 bits per heavy atom. The minimum absolute atomic E-state index is 0.0285. The Balaban J connectivity index is 2.41. The fraction of sp³-hybridized carbons (Fsp3) is 0.294. The molecule has 0 bridgehead atoms. The van der Waals surface area contributed by atoms with Gasteiger partial charge in [0.2, 0.25) is 0 Å². The second-order valence-electron chi connectivity index (χ2n) is 5.66. The largest absolute Gasteiger partial charge is 0.494 e. The summed E-state index contributed by atoms with van der Waals surface area (Å²) >= 11 is 0. The first kappa shape index (κ1) is 18.1. The average molecular weight is 371 g/mol. The van der Waals surface area contributed by atoms with Gasteiger partial charge in [0.05, 0.1) is 18.4 Å². The number of halogens is 5. The van der Waals surface area contributed by atoms with Crippen LogP contribution in [0.1, 0.15) is 24.0 Å². The van der Waals surface area contributed by atoms with E-state index in [0.29, 0.717) is 4.52 Å². The summed E-state index contributed by atoms with van der Waals surface area (Å²) in [6.07, 6.45) is -4.47. The van der Waals surface area contributed by atoms with Gasteiger partial charge in [-0.2, -0.15) is 18.3 Å². The van der Waals surface area contributed by atoms with E-state index in [-0.39, 0.29) is 40.3 Å². The van der Waals surface area contributed by atoms with Crippen LogP contribution in [0.3, 0.4) is 0 Å². The number of hydrogen-bond donors (Lipinski definition) is 0. The number of fused-ring (bicyclic) bond motifs is 1. The lowest BCUT2D eigenvalue weighted by molar-refractivity contribution is -0.142. The fourth-order valence-electron chi connectivity index (χ4n) is 2.78. The number of methoxy groups -OCH3 is 1. The van der Waals surface area contributed by atoms with Gasteiger partial charge in [-0.05, 0) is 25.5 Å². The molecule has 26 heavy (non-hydrogen) atoms. The number of nitrogens with zero attached hydrogens (tertiary/aromatic N) is 3. The molecule has 0 unspecified atom stereocenters. The van der Waals surface area contributed by atoms with Gasteiger partial charge in [-0.1, -0.05) is 6.92 Å². The lowest BCUT2D eigenvalue weighted by Gasteiger charge is -2.10. The molecular weight excluding hydrogens is 357 g/mol. The van der Waals surface area contributed by atoms with E-state index in [4.69, 9.17) is 4.74 Å². The second-order valence-corrected chi connectivity index (χ2v) is 5.66. The van der Waals surface area contributed by atoms with Gasteiger partial charge < -0.3 is 4.74 Å². The van der Waals surface area contributed by atoms with Crippen molar-refractivity contribution in [2.24, 2.45) is 0 Å². The molecule has 1 aromatic carbocycles. The van der Waals surface area contributed by atoms with Crippen molar-refractivity contribution in [3.05, 3.63) is 46.9 Å². The molecule has 0 aliphatic heterocycles. The van der Waals surface area contributed by atoms with Crippen molar-refractivity contribution < 1.29 is 26.7 Å². The number of alkyl halides is 3. The molecule has 0 spiro atoms. The predicted molar refractivity (Wildman–Crippen MR) is 84.0 cm³/mol. The van der Waals surface area contributed by atoms with Crippen molar-refractivity contribution in [1.82, 2.24) is 14.6 Å². The van der Waals surface area contributed by atoms with E-state index in [1.54, 1.807) is 6.92 Å². The van der Waals surface area contributed by atoms with Gasteiger partial charge in [0.15, 0.2) is 17.2 Å². The lowest BCUT2D eigenvalue weighted by atomic mass is 10.0. The van der Waals surface area contributed by atoms with Crippen LogP contribution in [0, 0.1) is 18.6 Å². The standard InChI is InChI=1S/C17H14F5N3O/c1-4-12-15(9-6-11(19)13(26-3)7-10(9)18)16-23-8(2)5-14(17(20,21)22)25(16)24-12/h5-7H,4H2,1-3H3. The third-order valence-corrected chi connectivity index (χ3v) is 3.93. The Bertz CT molecular complexity index is 994. The highest BCUT2D eigenvalue weighted by Crippen LogP contribution is 2.37. The fourth-order valence-corrected chi connectivity index (χ4v) is 2.78. The summed E-state index contributed by atoms with van der Waals surface area (Å²) in [5.74, 6) is -1.99. The summed E-state index contributed by atoms with van der Waals surface area (Å²) in [6, 6.07) is 2.57. The number of benzene rings is 1. The summed E-state index contributed by atoms with van der Waals surface area (Å²) in [5, 5.41) is 3.94. The summed E-state index contributed by atoms with van der Waals surface area (Å²) in [4.78, 5) is 4.09. The molecule has 0 aliphatic carbocycles. The maximum atomic E-state index is 14.5. The zero-order chi connectivity index (χ0) is 19.2. The van der Waals surface area contributed by atoms with Crippen LogP contribution < -0.4 is 4.74 Å². The van der Waals surface area contributed by atoms with E-state index in [9.17, 15) is 22.0 Å². The Hall–Kier alpha value is -2.71. The highest BCUT2D eigenvalue weighted by Gasteiger charge is 2.36. The van der Waals surface area contributed by atoms with Crippen LogP contribution in [0.2, 0.25) is 0 Å². The SMILES string of the molecule is CCc1nn2c(C(F)(F)F)cc(C)nc2c1-c1cc(F)c(OC)cc1F. The van der Waals surface area contributed by atoms with E-state index in [1.165, 1.54) is 14.0 Å². The van der Waals surface area contributed by atoms with Crippen molar-refractivity contribution in [2.45, 2.75) is 26.4 Å². The Kier molecular flexibility index (Phi) is 4.33. The molecule has 138 valence electrons. The molecule has 2 aromatic heterocycles. The number of ether oxygens (including phenoxy) is 1. The summed E-state index contributed by atoms with van der Waals surface area (Å²) in [5.41, 5.74) is -1.14. The topological polar surface area (TPSA) is 39.4 Å². The van der Waals surface area contributed by atoms with Crippen LogP contribution in [0.15, 0.2) is 18.2 Å². The van der Waals surface area contributed by atoms with Crippen molar-refractivity contribution in [1.29, 1.82) is 0 Å². The van der Waals surface area contributed by atoms with Crippen molar-refractivity contribution >= 4 is 5.65 Å². The maximum Gasteiger partial charge on any atom is 0.433 e. The zero-order valence-electron chi connectivity index (χ0n) is 14.1. The minimum atomic E-state index is -4.68. The first-order valence-electron chi connectivity index (χ1n) is 7.67. The van der Waals surface area contributed by atoms with E-state index in [2.05, 4.69) is 10.1 Å². The number of aryl methyl sites for hydroxylation is 2. The van der Waals surface area contributed by atoms with Gasteiger partial charge in [-0.15, -0.1) is 0 Å². The molecule has 2 heterocycles. The van der Waals surface area contributed by atoms with E-state index >= 15 is 0 Å². The van der Waals surface area contributed by atoms with Gasteiger partial charge in [0.25, 0.3) is 0 Å². The monoisotopic (exact) mass is 371 g/mol. The van der Waals surface area contributed by atoms with Gasteiger partial charge in [-0.25, -0.2) is 18.3 Å². The molecule has 4 nitrogen and oxygen atoms in total. The van der Waals surface area contributed by atoms with Gasteiger partial charge in [0, 0.05) is 17.3 Å². The predicted octanol–water partition coefficient (Wildman–Crippen LogP) is 4.57. The summed E-state index contributed by atoms with van der Waals surface area (Å²) < 4.78 is 74.0. The molecule has 0 amide bonds. The molecule has 0 radical (unpaired) electrons. The number of hydrogen-bond acceptors (Lipinski definition) is 3. The molecule has 3 aromatic rings. The molecule has 0 atom stereocenters. The van der Waals surface area contributed by atoms with Crippen molar-refractivity contribution in [3.8, 4) is 16.9 Å². The van der Waals surface area contributed by atoms with Crippen LogP contribution in [0.4, 0.5) is 22.0 Å². The van der Waals surface area contributed by atoms with Crippen LogP contribution in [0.5, 0.6) is 5.75 Å². The zero-order valence-corrected chi connectivity index (χ0v) is 14.1. The smallest absolute Gasteiger partial charge is 0.433 e. The van der Waals surface area contributed by atoms with Gasteiger partial charge in [-0.3, -0.25) is 0 Å². The quantitative estimate of drug-likeness (QED) is 0.633. The minimum Gasteiger partial charge on any atom is -0.494 e. The molecule has 9 heteroatoms. The highest BCUT2D eigenvalue weighted by molar-refractivity contribution is 5.81. The summed E-state index contributed by atoms with van der Waals surface area (Å²) in [7, 11) is 1.19. The molecule has 0 saturated heterocycles. The molecule has 0 aliphatic rings. The Labute approximate surface area is 145 Å². The van der Waals surface area contributed by atoms with E-state index in [1.807, 2.05) is 0 Å². The second kappa shape index (κ2) is 6.22. The number of rotatable bonds is 3. The highest BCUT2D eigenvalue weighted by atomic mass is 19.4. The van der Waals surface area contributed by atoms with E-state index in [0.717, 1.165) is 18.2 Å². The average Bonchev–Trinajstić information content (AvgIpc) is 2.92. The third-order valence-electron chi connectivity index (χ3n) is 3.93. The van der Waals surface area contributed by atoms with Crippen molar-refractivity contribution in [2.75, 3.05) is 7.11 Å².